The van der Waals surface area contributed by atoms with E-state index in [0.29, 0.717) is 18.7 Å². The molecule has 88 valence electrons. The van der Waals surface area contributed by atoms with Crippen LogP contribution >= 0.6 is 0 Å². The molecule has 0 atom stereocenters. The van der Waals surface area contributed by atoms with Crippen molar-refractivity contribution in [3.8, 4) is 5.75 Å². The Morgan fingerprint density at radius 3 is 2.81 bits per heavy atom. The Labute approximate surface area is 93.8 Å². The number of phenolic OH excluding ortho intramolecular Hbond substituents is 1. The van der Waals surface area contributed by atoms with Crippen LogP contribution in [-0.4, -0.2) is 31.4 Å². The van der Waals surface area contributed by atoms with Gasteiger partial charge in [-0.2, -0.15) is 0 Å². The van der Waals surface area contributed by atoms with Gasteiger partial charge in [0.1, 0.15) is 11.3 Å². The van der Waals surface area contributed by atoms with Crippen molar-refractivity contribution in [2.24, 2.45) is 0 Å². The molecule has 0 bridgehead atoms. The summed E-state index contributed by atoms with van der Waals surface area (Å²) < 4.78 is 9.74. The highest BCUT2D eigenvalue weighted by Crippen LogP contribution is 2.20. The molecule has 1 rings (SSSR count). The number of methoxy groups -OCH3 is 1. The summed E-state index contributed by atoms with van der Waals surface area (Å²) in [4.78, 5) is 11.5. The molecule has 0 saturated carbocycles. The maximum Gasteiger partial charge on any atom is 0.341 e. The first-order chi connectivity index (χ1) is 7.65. The number of rotatable bonds is 5. The number of nitrogen functional groups attached to an aromatic ring is 1. The number of benzene rings is 1. The molecule has 16 heavy (non-hydrogen) atoms. The zero-order chi connectivity index (χ0) is 12.0. The average molecular weight is 225 g/mol. The highest BCUT2D eigenvalue weighted by Gasteiger charge is 2.12. The molecular formula is C11H15NO4. The first kappa shape index (κ1) is 12.3. The van der Waals surface area contributed by atoms with E-state index in [2.05, 4.69) is 0 Å². The third-order valence-corrected chi connectivity index (χ3v) is 1.97. The molecule has 0 heterocycles. The van der Waals surface area contributed by atoms with Crippen LogP contribution in [0.5, 0.6) is 5.75 Å². The van der Waals surface area contributed by atoms with Crippen molar-refractivity contribution in [1.29, 1.82) is 0 Å². The molecule has 0 unspecified atom stereocenters. The van der Waals surface area contributed by atoms with Crippen molar-refractivity contribution >= 4 is 11.7 Å². The molecule has 0 saturated heterocycles. The lowest BCUT2D eigenvalue weighted by Crippen LogP contribution is -2.08. The average Bonchev–Trinajstić information content (AvgIpc) is 2.24. The molecule has 5 nitrogen and oxygen atoms in total. The van der Waals surface area contributed by atoms with E-state index >= 15 is 0 Å². The van der Waals surface area contributed by atoms with Crippen LogP contribution in [0.4, 0.5) is 5.69 Å². The molecule has 0 amide bonds. The summed E-state index contributed by atoms with van der Waals surface area (Å²) in [6.45, 7) is 0.789. The summed E-state index contributed by atoms with van der Waals surface area (Å²) in [5.74, 6) is -0.731. The maximum absolute atomic E-state index is 11.5. The summed E-state index contributed by atoms with van der Waals surface area (Å²) in [5.41, 5.74) is 5.95. The Bertz CT molecular complexity index is 365. The van der Waals surface area contributed by atoms with Gasteiger partial charge in [-0.15, -0.1) is 0 Å². The van der Waals surface area contributed by atoms with E-state index in [1.54, 1.807) is 7.11 Å². The molecular weight excluding hydrogens is 210 g/mol. The predicted octanol–water partition coefficient (Wildman–Crippen LogP) is 1.17. The maximum atomic E-state index is 11.5. The second-order valence-electron chi connectivity index (χ2n) is 3.26. The molecule has 3 N–H and O–H groups in total. The topological polar surface area (TPSA) is 81.8 Å². The van der Waals surface area contributed by atoms with Crippen LogP contribution in [0, 0.1) is 0 Å². The van der Waals surface area contributed by atoms with Crippen LogP contribution in [-0.2, 0) is 9.47 Å². The normalized spacial score (nSPS) is 10.1. The zero-order valence-corrected chi connectivity index (χ0v) is 9.10. The number of phenols is 1. The van der Waals surface area contributed by atoms with Crippen LogP contribution in [0.15, 0.2) is 18.2 Å². The Kier molecular flexibility index (Phi) is 4.60. The molecule has 0 aliphatic carbocycles. The van der Waals surface area contributed by atoms with Gasteiger partial charge in [-0.05, 0) is 12.1 Å². The van der Waals surface area contributed by atoms with Gasteiger partial charge in [0, 0.05) is 31.9 Å². The molecule has 0 aliphatic rings. The minimum atomic E-state index is -0.561. The number of hydrogen-bond donors (Lipinski definition) is 2. The fourth-order valence-corrected chi connectivity index (χ4v) is 1.17. The molecule has 0 aliphatic heterocycles. The lowest BCUT2D eigenvalue weighted by molar-refractivity contribution is 0.0465. The summed E-state index contributed by atoms with van der Waals surface area (Å²) in [6.07, 6.45) is 0.623. The molecule has 0 spiro atoms. The van der Waals surface area contributed by atoms with Crippen molar-refractivity contribution in [1.82, 2.24) is 0 Å². The Morgan fingerprint density at radius 2 is 2.19 bits per heavy atom. The molecule has 0 fully saturated rings. The lowest BCUT2D eigenvalue weighted by Gasteiger charge is -2.06. The number of nitrogens with two attached hydrogens (primary N) is 1. The predicted molar refractivity (Wildman–Crippen MR) is 59.3 cm³/mol. The first-order valence-electron chi connectivity index (χ1n) is 4.89. The molecule has 5 heteroatoms. The van der Waals surface area contributed by atoms with Crippen LogP contribution in [0.3, 0.4) is 0 Å². The number of hydrogen-bond acceptors (Lipinski definition) is 5. The van der Waals surface area contributed by atoms with Gasteiger partial charge < -0.3 is 20.3 Å². The van der Waals surface area contributed by atoms with E-state index in [1.165, 1.54) is 18.2 Å². The Hall–Kier alpha value is -1.75. The number of esters is 1. The van der Waals surface area contributed by atoms with Crippen molar-refractivity contribution in [3.63, 3.8) is 0 Å². The number of aromatic hydroxyl groups is 1. The molecule has 1 aromatic rings. The number of carbonyl (C=O) groups is 1. The second-order valence-corrected chi connectivity index (χ2v) is 3.26. The number of ether oxygens (including phenoxy) is 2. The van der Waals surface area contributed by atoms with E-state index in [4.69, 9.17) is 15.2 Å². The van der Waals surface area contributed by atoms with Crippen molar-refractivity contribution < 1.29 is 19.4 Å². The van der Waals surface area contributed by atoms with Crippen molar-refractivity contribution in [2.75, 3.05) is 26.1 Å². The lowest BCUT2D eigenvalue weighted by atomic mass is 10.2. The third kappa shape index (κ3) is 3.43. The summed E-state index contributed by atoms with van der Waals surface area (Å²) in [5, 5.41) is 9.46. The zero-order valence-electron chi connectivity index (χ0n) is 9.10. The minimum absolute atomic E-state index is 0.117. The van der Waals surface area contributed by atoms with Crippen molar-refractivity contribution in [2.45, 2.75) is 6.42 Å². The Morgan fingerprint density at radius 1 is 1.44 bits per heavy atom. The van der Waals surface area contributed by atoms with Gasteiger partial charge in [0.25, 0.3) is 0 Å². The smallest absolute Gasteiger partial charge is 0.341 e. The minimum Gasteiger partial charge on any atom is -0.507 e. The van der Waals surface area contributed by atoms with E-state index < -0.39 is 5.97 Å². The second kappa shape index (κ2) is 5.97. The molecule has 1 aromatic carbocycles. The highest BCUT2D eigenvalue weighted by atomic mass is 16.5. The fourth-order valence-electron chi connectivity index (χ4n) is 1.17. The van der Waals surface area contributed by atoms with Crippen LogP contribution in [0.2, 0.25) is 0 Å². The Balaban J connectivity index is 2.53. The van der Waals surface area contributed by atoms with Gasteiger partial charge in [0.15, 0.2) is 0 Å². The van der Waals surface area contributed by atoms with Gasteiger partial charge in [-0.25, -0.2) is 4.79 Å². The highest BCUT2D eigenvalue weighted by molar-refractivity contribution is 5.92. The first-order valence-corrected chi connectivity index (χ1v) is 4.89. The number of carbonyl (C=O) groups excluding carboxylic acids is 1. The fraction of sp³-hybridized carbons (Fsp3) is 0.364. The van der Waals surface area contributed by atoms with E-state index in [-0.39, 0.29) is 17.9 Å². The van der Waals surface area contributed by atoms with Gasteiger partial charge in [-0.3, -0.25) is 0 Å². The molecule has 0 radical (unpaired) electrons. The standard InChI is InChI=1S/C11H15NO4/c1-15-5-2-6-16-11(14)9-4-3-8(12)7-10(9)13/h3-4,7,13H,2,5-6,12H2,1H3. The van der Waals surface area contributed by atoms with Crippen LogP contribution in [0.25, 0.3) is 0 Å². The largest absolute Gasteiger partial charge is 0.507 e. The summed E-state index contributed by atoms with van der Waals surface area (Å²) in [7, 11) is 1.58. The monoisotopic (exact) mass is 225 g/mol. The van der Waals surface area contributed by atoms with Crippen molar-refractivity contribution in [3.05, 3.63) is 23.8 Å². The quantitative estimate of drug-likeness (QED) is 0.446. The summed E-state index contributed by atoms with van der Waals surface area (Å²) >= 11 is 0. The van der Waals surface area contributed by atoms with Gasteiger partial charge in [0.2, 0.25) is 0 Å². The molecule has 0 aromatic heterocycles. The number of anilines is 1. The van der Waals surface area contributed by atoms with Crippen LogP contribution < -0.4 is 5.73 Å². The third-order valence-electron chi connectivity index (χ3n) is 1.97. The summed E-state index contributed by atoms with van der Waals surface area (Å²) in [6, 6.07) is 4.28. The van der Waals surface area contributed by atoms with Gasteiger partial charge in [-0.1, -0.05) is 0 Å². The van der Waals surface area contributed by atoms with E-state index in [9.17, 15) is 9.90 Å². The van der Waals surface area contributed by atoms with E-state index in [0.717, 1.165) is 0 Å². The van der Waals surface area contributed by atoms with Gasteiger partial charge in [0.05, 0.1) is 6.61 Å². The SMILES string of the molecule is COCCCOC(=O)c1ccc(N)cc1O. The van der Waals surface area contributed by atoms with Gasteiger partial charge >= 0.3 is 5.97 Å². The van der Waals surface area contributed by atoms with E-state index in [1.807, 2.05) is 0 Å². The van der Waals surface area contributed by atoms with Crippen LogP contribution in [0.1, 0.15) is 16.8 Å².